The van der Waals surface area contributed by atoms with E-state index < -0.39 is 5.97 Å². The Morgan fingerprint density at radius 1 is 1.29 bits per heavy atom. The SMILES string of the molecule is CN(C)C(=O)NCCNC(=O)c1sccc1/C=C/C(=O)O. The van der Waals surface area contributed by atoms with Crippen molar-refractivity contribution in [3.63, 3.8) is 0 Å². The number of rotatable bonds is 6. The van der Waals surface area contributed by atoms with Crippen LogP contribution >= 0.6 is 11.3 Å². The molecule has 21 heavy (non-hydrogen) atoms. The topological polar surface area (TPSA) is 98.7 Å². The van der Waals surface area contributed by atoms with Crippen molar-refractivity contribution in [2.45, 2.75) is 0 Å². The van der Waals surface area contributed by atoms with E-state index in [0.29, 0.717) is 23.5 Å². The number of amides is 3. The Hall–Kier alpha value is -2.35. The van der Waals surface area contributed by atoms with Crippen molar-refractivity contribution in [2.75, 3.05) is 27.2 Å². The predicted molar refractivity (Wildman–Crippen MR) is 80.4 cm³/mol. The molecule has 0 aromatic carbocycles. The Labute approximate surface area is 126 Å². The Bertz CT molecular complexity index is 551. The van der Waals surface area contributed by atoms with E-state index in [-0.39, 0.29) is 11.9 Å². The molecule has 1 rings (SSSR count). The average molecular weight is 311 g/mol. The van der Waals surface area contributed by atoms with Crippen molar-refractivity contribution in [1.29, 1.82) is 0 Å². The number of hydrogen-bond donors (Lipinski definition) is 3. The van der Waals surface area contributed by atoms with Crippen LogP contribution in [0.4, 0.5) is 4.79 Å². The molecule has 114 valence electrons. The minimum atomic E-state index is -1.07. The van der Waals surface area contributed by atoms with Gasteiger partial charge in [-0.2, -0.15) is 0 Å². The van der Waals surface area contributed by atoms with E-state index in [9.17, 15) is 14.4 Å². The van der Waals surface area contributed by atoms with E-state index in [1.54, 1.807) is 25.5 Å². The fraction of sp³-hybridized carbons (Fsp3) is 0.308. The van der Waals surface area contributed by atoms with Crippen molar-refractivity contribution in [2.24, 2.45) is 0 Å². The van der Waals surface area contributed by atoms with Crippen LogP contribution < -0.4 is 10.6 Å². The lowest BCUT2D eigenvalue weighted by Crippen LogP contribution is -2.39. The molecule has 0 radical (unpaired) electrons. The highest BCUT2D eigenvalue weighted by molar-refractivity contribution is 7.12. The van der Waals surface area contributed by atoms with E-state index in [4.69, 9.17) is 5.11 Å². The van der Waals surface area contributed by atoms with Gasteiger partial charge in [0.2, 0.25) is 0 Å². The van der Waals surface area contributed by atoms with E-state index in [1.807, 2.05) is 0 Å². The second-order valence-corrected chi connectivity index (χ2v) is 5.18. The van der Waals surface area contributed by atoms with Gasteiger partial charge in [0.05, 0.1) is 4.88 Å². The third-order valence-electron chi connectivity index (χ3n) is 2.40. The molecule has 1 heterocycles. The minimum absolute atomic E-state index is 0.231. The van der Waals surface area contributed by atoms with Crippen molar-refractivity contribution < 1.29 is 19.5 Å². The second-order valence-electron chi connectivity index (χ2n) is 4.26. The van der Waals surface area contributed by atoms with Gasteiger partial charge in [-0.15, -0.1) is 11.3 Å². The summed E-state index contributed by atoms with van der Waals surface area (Å²) in [5, 5.41) is 15.6. The van der Waals surface area contributed by atoms with Gasteiger partial charge in [0.15, 0.2) is 0 Å². The first-order valence-electron chi connectivity index (χ1n) is 6.13. The summed E-state index contributed by atoms with van der Waals surface area (Å²) in [6.45, 7) is 0.604. The highest BCUT2D eigenvalue weighted by Gasteiger charge is 2.11. The Morgan fingerprint density at radius 3 is 2.57 bits per heavy atom. The molecule has 0 fully saturated rings. The lowest BCUT2D eigenvalue weighted by Gasteiger charge is -2.12. The zero-order chi connectivity index (χ0) is 15.8. The zero-order valence-electron chi connectivity index (χ0n) is 11.8. The summed E-state index contributed by atoms with van der Waals surface area (Å²) in [7, 11) is 3.25. The van der Waals surface area contributed by atoms with E-state index in [0.717, 1.165) is 6.08 Å². The lowest BCUT2D eigenvalue weighted by molar-refractivity contribution is -0.131. The largest absolute Gasteiger partial charge is 0.478 e. The number of carbonyl (C=O) groups excluding carboxylic acids is 2. The lowest BCUT2D eigenvalue weighted by atomic mass is 10.2. The minimum Gasteiger partial charge on any atom is -0.478 e. The molecule has 7 nitrogen and oxygen atoms in total. The smallest absolute Gasteiger partial charge is 0.328 e. The quantitative estimate of drug-likeness (QED) is 0.535. The molecule has 1 aromatic heterocycles. The zero-order valence-corrected chi connectivity index (χ0v) is 12.6. The van der Waals surface area contributed by atoms with Crippen LogP contribution in [0.2, 0.25) is 0 Å². The van der Waals surface area contributed by atoms with Gasteiger partial charge in [0.25, 0.3) is 5.91 Å². The monoisotopic (exact) mass is 311 g/mol. The summed E-state index contributed by atoms with van der Waals surface area (Å²) in [6, 6.07) is 1.44. The Balaban J connectivity index is 2.48. The molecule has 0 saturated carbocycles. The molecule has 0 aliphatic heterocycles. The number of carbonyl (C=O) groups is 3. The number of thiophene rings is 1. The summed E-state index contributed by atoms with van der Waals surface area (Å²) in [5.41, 5.74) is 0.553. The van der Waals surface area contributed by atoms with E-state index in [2.05, 4.69) is 10.6 Å². The highest BCUT2D eigenvalue weighted by Crippen LogP contribution is 2.18. The van der Waals surface area contributed by atoms with Crippen molar-refractivity contribution >= 4 is 35.3 Å². The number of urea groups is 1. The van der Waals surface area contributed by atoms with Crippen LogP contribution in [0.25, 0.3) is 6.08 Å². The first-order valence-corrected chi connectivity index (χ1v) is 7.01. The molecule has 0 atom stereocenters. The first-order chi connectivity index (χ1) is 9.91. The summed E-state index contributed by atoms with van der Waals surface area (Å²) >= 11 is 1.23. The van der Waals surface area contributed by atoms with Crippen molar-refractivity contribution in [3.8, 4) is 0 Å². The maximum Gasteiger partial charge on any atom is 0.328 e. The maximum absolute atomic E-state index is 11.9. The normalized spacial score (nSPS) is 10.4. The number of nitrogens with zero attached hydrogens (tertiary/aromatic N) is 1. The predicted octanol–water partition coefficient (Wildman–Crippen LogP) is 0.847. The second kappa shape index (κ2) is 8.05. The van der Waals surface area contributed by atoms with Crippen LogP contribution in [0.15, 0.2) is 17.5 Å². The van der Waals surface area contributed by atoms with Crippen LogP contribution in [0.3, 0.4) is 0 Å². The Morgan fingerprint density at radius 2 is 1.95 bits per heavy atom. The molecular weight excluding hydrogens is 294 g/mol. The van der Waals surface area contributed by atoms with E-state index >= 15 is 0 Å². The fourth-order valence-corrected chi connectivity index (χ4v) is 2.18. The van der Waals surface area contributed by atoms with Crippen molar-refractivity contribution in [3.05, 3.63) is 28.0 Å². The first kappa shape index (κ1) is 16.7. The summed E-state index contributed by atoms with van der Waals surface area (Å²) in [6.07, 6.45) is 2.36. The van der Waals surface area contributed by atoms with Crippen LogP contribution in [0.5, 0.6) is 0 Å². The number of carboxylic acid groups (broad SMARTS) is 1. The third kappa shape index (κ3) is 5.65. The van der Waals surface area contributed by atoms with Gasteiger partial charge in [-0.3, -0.25) is 4.79 Å². The highest BCUT2D eigenvalue weighted by atomic mass is 32.1. The van der Waals surface area contributed by atoms with E-state index in [1.165, 1.54) is 22.3 Å². The molecule has 0 aliphatic carbocycles. The molecule has 0 bridgehead atoms. The molecule has 8 heteroatoms. The van der Waals surface area contributed by atoms with Crippen LogP contribution in [0, 0.1) is 0 Å². The van der Waals surface area contributed by atoms with Crippen LogP contribution in [-0.4, -0.2) is 55.1 Å². The number of aliphatic carboxylic acids is 1. The summed E-state index contributed by atoms with van der Waals surface area (Å²) in [4.78, 5) is 35.5. The molecule has 1 aromatic rings. The van der Waals surface area contributed by atoms with Gasteiger partial charge in [-0.25, -0.2) is 9.59 Å². The molecule has 0 spiro atoms. The van der Waals surface area contributed by atoms with Gasteiger partial charge in [-0.05, 0) is 23.1 Å². The number of hydrogen-bond acceptors (Lipinski definition) is 4. The molecule has 3 amide bonds. The van der Waals surface area contributed by atoms with Crippen LogP contribution in [-0.2, 0) is 4.79 Å². The third-order valence-corrected chi connectivity index (χ3v) is 3.33. The van der Waals surface area contributed by atoms with Gasteiger partial charge < -0.3 is 20.6 Å². The number of nitrogens with one attached hydrogen (secondary N) is 2. The summed E-state index contributed by atoms with van der Waals surface area (Å²) < 4.78 is 0. The molecule has 3 N–H and O–H groups in total. The van der Waals surface area contributed by atoms with Gasteiger partial charge in [0, 0.05) is 33.3 Å². The number of carboxylic acids is 1. The molecule has 0 unspecified atom stereocenters. The molecular formula is C13H17N3O4S. The standard InChI is InChI=1S/C13H17N3O4S/c1-16(2)13(20)15-7-6-14-12(19)11-9(5-8-21-11)3-4-10(17)18/h3-5,8H,6-7H2,1-2H3,(H,14,19)(H,15,20)(H,17,18)/b4-3+. The van der Waals surface area contributed by atoms with Crippen LogP contribution in [0.1, 0.15) is 15.2 Å². The summed E-state index contributed by atoms with van der Waals surface area (Å²) in [5.74, 6) is -1.37. The molecule has 0 aliphatic rings. The fourth-order valence-electron chi connectivity index (χ4n) is 1.38. The van der Waals surface area contributed by atoms with Gasteiger partial charge in [-0.1, -0.05) is 0 Å². The average Bonchev–Trinajstić information content (AvgIpc) is 2.89. The molecule has 0 saturated heterocycles. The Kier molecular flexibility index (Phi) is 6.41. The van der Waals surface area contributed by atoms with Gasteiger partial charge >= 0.3 is 12.0 Å². The maximum atomic E-state index is 11.9. The van der Waals surface area contributed by atoms with Crippen molar-refractivity contribution in [1.82, 2.24) is 15.5 Å². The van der Waals surface area contributed by atoms with Gasteiger partial charge in [0.1, 0.15) is 0 Å².